The molecule has 386 valence electrons. The van der Waals surface area contributed by atoms with Crippen LogP contribution in [0.3, 0.4) is 0 Å². The largest absolute Gasteiger partial charge is 0.478 e. The molecule has 3 heterocycles. The van der Waals surface area contributed by atoms with Gasteiger partial charge < -0.3 is 48.4 Å². The summed E-state index contributed by atoms with van der Waals surface area (Å²) in [5.41, 5.74) is -7.26. The van der Waals surface area contributed by atoms with E-state index in [2.05, 4.69) is 0 Å². The minimum atomic E-state index is -4.87. The molecule has 1 unspecified atom stereocenters. The summed E-state index contributed by atoms with van der Waals surface area (Å²) in [7, 11) is 3.10. The second-order valence-corrected chi connectivity index (χ2v) is 19.5. The van der Waals surface area contributed by atoms with Crippen molar-refractivity contribution < 1.29 is 79.1 Å². The van der Waals surface area contributed by atoms with Gasteiger partial charge in [-0.3, -0.25) is 14.4 Å². The van der Waals surface area contributed by atoms with Crippen molar-refractivity contribution in [2.24, 2.45) is 0 Å². The number of rotatable bonds is 14. The van der Waals surface area contributed by atoms with Crippen molar-refractivity contribution in [3.63, 3.8) is 0 Å². The number of methoxy groups -OCH3 is 2. The number of aromatic carboxylic acids is 1. The van der Waals surface area contributed by atoms with Crippen LogP contribution >= 0.6 is 0 Å². The maximum absolute atomic E-state index is 14.5. The molecule has 1 saturated heterocycles. The zero-order chi connectivity index (χ0) is 52.0. The third-order valence-electron chi connectivity index (χ3n) is 11.5. The summed E-state index contributed by atoms with van der Waals surface area (Å²) in [6.07, 6.45) is -6.02. The quantitative estimate of drug-likeness (QED) is 0.142. The maximum atomic E-state index is 14.5. The molecule has 4 amide bonds. The van der Waals surface area contributed by atoms with Gasteiger partial charge in [-0.1, -0.05) is 0 Å². The molecule has 0 radical (unpaired) electrons. The van der Waals surface area contributed by atoms with E-state index in [9.17, 15) is 55.4 Å². The minimum absolute atomic E-state index is 0.0251. The summed E-state index contributed by atoms with van der Waals surface area (Å²) in [6, 6.07) is 2.45. The lowest BCUT2D eigenvalue weighted by Gasteiger charge is -2.40. The summed E-state index contributed by atoms with van der Waals surface area (Å²) in [6.45, 7) is 16.6. The highest BCUT2D eigenvalue weighted by atomic mass is 19.4. The fourth-order valence-corrected chi connectivity index (χ4v) is 8.33. The highest BCUT2D eigenvalue weighted by molar-refractivity contribution is 6.06. The molecule has 0 aromatic heterocycles. The molecule has 0 bridgehead atoms. The molecule has 21 heteroatoms. The monoisotopic (exact) mass is 988 g/mol. The number of hydrogen-bond donors (Lipinski definition) is 1. The number of halogens is 6. The first-order valence-corrected chi connectivity index (χ1v) is 22.9. The van der Waals surface area contributed by atoms with E-state index in [1.165, 1.54) is 54.4 Å². The molecule has 0 aliphatic carbocycles. The van der Waals surface area contributed by atoms with Crippen molar-refractivity contribution in [3.05, 3.63) is 46.5 Å². The highest BCUT2D eigenvalue weighted by Crippen LogP contribution is 2.46. The van der Waals surface area contributed by atoms with Crippen molar-refractivity contribution in [1.29, 1.82) is 0 Å². The number of hydrogen-bond acceptors (Lipinski definition) is 10. The van der Waals surface area contributed by atoms with Crippen molar-refractivity contribution >= 4 is 41.2 Å². The number of alkyl halides is 6. The SMILES string of the molecule is COCCCCN1C(=O)C(C)(C)Oc2cc(C(F)(F)F)c(C(=O)N(C(C)C)C3CCCCN(C(=O)OC(C)(C)C)C3)cc21.COCCCCN1C(=O)C(C)(C)Oc2cc(C(F)(F)F)c(C(=O)O)cc21. The zero-order valence-electron chi connectivity index (χ0n) is 41.2. The van der Waals surface area contributed by atoms with Crippen LogP contribution < -0.4 is 19.3 Å². The first-order valence-electron chi connectivity index (χ1n) is 22.9. The Kier molecular flexibility index (Phi) is 18.1. The number of benzene rings is 2. The van der Waals surface area contributed by atoms with E-state index in [0.717, 1.165) is 18.2 Å². The summed E-state index contributed by atoms with van der Waals surface area (Å²) in [5, 5.41) is 9.17. The van der Waals surface area contributed by atoms with E-state index >= 15 is 0 Å². The van der Waals surface area contributed by atoms with E-state index in [0.29, 0.717) is 70.8 Å². The van der Waals surface area contributed by atoms with Crippen molar-refractivity contribution in [2.75, 3.05) is 63.4 Å². The number of carbonyl (C=O) groups is 5. The number of nitrogens with zero attached hydrogens (tertiary/aromatic N) is 4. The molecule has 1 N–H and O–H groups in total. The van der Waals surface area contributed by atoms with Crippen molar-refractivity contribution in [1.82, 2.24) is 9.80 Å². The average molecular weight is 989 g/mol. The summed E-state index contributed by atoms with van der Waals surface area (Å²) < 4.78 is 110. The van der Waals surface area contributed by atoms with Gasteiger partial charge in [0.1, 0.15) is 17.1 Å². The Morgan fingerprint density at radius 1 is 0.754 bits per heavy atom. The molecule has 69 heavy (non-hydrogen) atoms. The Hall–Kier alpha value is -5.31. The Morgan fingerprint density at radius 3 is 1.61 bits per heavy atom. The first kappa shape index (κ1) is 56.3. The summed E-state index contributed by atoms with van der Waals surface area (Å²) in [5.74, 6) is -3.68. The third kappa shape index (κ3) is 13.9. The zero-order valence-corrected chi connectivity index (χ0v) is 41.2. The molecular weight excluding hydrogens is 923 g/mol. The number of carboxylic acid groups (broad SMARTS) is 1. The van der Waals surface area contributed by atoms with Gasteiger partial charge >= 0.3 is 24.4 Å². The third-order valence-corrected chi connectivity index (χ3v) is 11.5. The molecule has 2 aromatic rings. The minimum Gasteiger partial charge on any atom is -0.478 e. The fraction of sp³-hybridized carbons (Fsp3) is 0.646. The smallest absolute Gasteiger partial charge is 0.417 e. The number of carbonyl (C=O) groups excluding carboxylic acids is 4. The van der Waals surface area contributed by atoms with Crippen LogP contribution in [0.2, 0.25) is 0 Å². The number of likely N-dealkylation sites (tertiary alicyclic amines) is 1. The van der Waals surface area contributed by atoms with Crippen molar-refractivity contribution in [2.45, 2.75) is 148 Å². The maximum Gasteiger partial charge on any atom is 0.417 e. The van der Waals surface area contributed by atoms with Crippen LogP contribution in [0.5, 0.6) is 11.5 Å². The lowest BCUT2D eigenvalue weighted by atomic mass is 9.97. The topological polar surface area (TPSA) is 165 Å². The Bertz CT molecular complexity index is 2190. The van der Waals surface area contributed by atoms with Crippen LogP contribution in [0.15, 0.2) is 24.3 Å². The predicted molar refractivity (Wildman–Crippen MR) is 243 cm³/mol. The number of amides is 4. The highest BCUT2D eigenvalue weighted by Gasteiger charge is 2.47. The van der Waals surface area contributed by atoms with Crippen molar-refractivity contribution in [3.8, 4) is 11.5 Å². The molecule has 15 nitrogen and oxygen atoms in total. The Balaban J connectivity index is 0.000000340. The number of unbranched alkanes of at least 4 members (excludes halogenated alkanes) is 2. The number of ether oxygens (including phenoxy) is 5. The van der Waals surface area contributed by atoms with Gasteiger partial charge in [0.2, 0.25) is 0 Å². The van der Waals surface area contributed by atoms with E-state index in [1.807, 2.05) is 0 Å². The molecule has 3 aliphatic heterocycles. The first-order chi connectivity index (χ1) is 31.9. The van der Waals surface area contributed by atoms with Gasteiger partial charge in [-0.25, -0.2) is 9.59 Å². The van der Waals surface area contributed by atoms with Gasteiger partial charge in [0.15, 0.2) is 11.2 Å². The van der Waals surface area contributed by atoms with E-state index in [-0.39, 0.29) is 42.5 Å². The average Bonchev–Trinajstić information content (AvgIpc) is 3.48. The normalized spacial score (nSPS) is 18.0. The molecule has 2 aromatic carbocycles. The van der Waals surface area contributed by atoms with Gasteiger partial charge in [-0.05, 0) is 132 Å². The Labute approximate surface area is 399 Å². The van der Waals surface area contributed by atoms with Crippen LogP contribution in [0.4, 0.5) is 42.5 Å². The molecule has 0 saturated carbocycles. The second kappa shape index (κ2) is 22.2. The summed E-state index contributed by atoms with van der Waals surface area (Å²) in [4.78, 5) is 70.1. The van der Waals surface area contributed by atoms with Gasteiger partial charge in [-0.2, -0.15) is 26.3 Å². The van der Waals surface area contributed by atoms with Gasteiger partial charge in [0.25, 0.3) is 17.7 Å². The lowest BCUT2D eigenvalue weighted by Crippen LogP contribution is -2.53. The van der Waals surface area contributed by atoms with Crippen LogP contribution in [-0.2, 0) is 36.2 Å². The molecule has 1 atom stereocenters. The molecule has 0 spiro atoms. The predicted octanol–water partition coefficient (Wildman–Crippen LogP) is 9.61. The fourth-order valence-electron chi connectivity index (χ4n) is 8.33. The Morgan fingerprint density at radius 2 is 1.20 bits per heavy atom. The molecule has 5 rings (SSSR count). The van der Waals surface area contributed by atoms with Crippen LogP contribution in [0.25, 0.3) is 0 Å². The van der Waals surface area contributed by atoms with E-state index < -0.39 is 93.3 Å². The lowest BCUT2D eigenvalue weighted by molar-refractivity contribution is -0.139. The van der Waals surface area contributed by atoms with Gasteiger partial charge in [-0.15, -0.1) is 0 Å². The molecular formula is C48H66F6N4O11. The van der Waals surface area contributed by atoms with Crippen LogP contribution in [-0.4, -0.2) is 127 Å². The standard InChI is InChI=1S/C31H46F3N3O6.C17H20F3NO5/c1-20(2)37(21-13-9-10-14-35(19-21)28(40)43-29(3,4)5)26(38)22-17-24-25(18-23(22)31(32,33)34)42-30(6,7)27(39)36(24)15-11-12-16-41-8;1-16(2)15(24)21(6-4-5-7-25-3)12-8-10(14(22)23)11(17(18,19)20)9-13(12)26-16/h17-18,20-21H,9-16,19H2,1-8H3;8-9H,4-7H2,1-3H3,(H,22,23). The van der Waals surface area contributed by atoms with Crippen LogP contribution in [0, 0.1) is 0 Å². The van der Waals surface area contributed by atoms with E-state index in [1.54, 1.807) is 41.7 Å². The van der Waals surface area contributed by atoms with E-state index in [4.69, 9.17) is 23.7 Å². The summed E-state index contributed by atoms with van der Waals surface area (Å²) >= 11 is 0. The molecule has 3 aliphatic rings. The van der Waals surface area contributed by atoms with Gasteiger partial charge in [0.05, 0.1) is 39.7 Å². The number of anilines is 2. The van der Waals surface area contributed by atoms with Crippen LogP contribution in [0.1, 0.15) is 139 Å². The second-order valence-electron chi connectivity index (χ2n) is 19.5. The molecule has 1 fully saturated rings. The van der Waals surface area contributed by atoms with Gasteiger partial charge in [0, 0.05) is 59.7 Å². The number of carboxylic acids is 1. The number of fused-ring (bicyclic) bond motifs is 2.